The number of rotatable bonds is 1. The number of fused-ring (bicyclic) bond motifs is 3. The van der Waals surface area contributed by atoms with Gasteiger partial charge in [-0.1, -0.05) is 0 Å². The van der Waals surface area contributed by atoms with Gasteiger partial charge in [0.15, 0.2) is 0 Å². The van der Waals surface area contributed by atoms with Crippen LogP contribution in [0, 0.1) is 0 Å². The molecule has 6 heteroatoms. The molecule has 2 atom stereocenters. The summed E-state index contributed by atoms with van der Waals surface area (Å²) >= 11 is 0. The number of carbonyl (C=O) groups is 1. The number of morpholine rings is 1. The van der Waals surface area contributed by atoms with Crippen LogP contribution in [0.5, 0.6) is 0 Å². The number of hydrogen-bond donors (Lipinski definition) is 0. The first kappa shape index (κ1) is 10.9. The number of ether oxygens (including phenoxy) is 1. The molecule has 2 aliphatic rings. The summed E-state index contributed by atoms with van der Waals surface area (Å²) in [6, 6.07) is 5.73. The van der Waals surface area contributed by atoms with Crippen molar-refractivity contribution in [2.75, 3.05) is 13.2 Å². The number of hydrogen-bond acceptors (Lipinski definition) is 5. The van der Waals surface area contributed by atoms with Gasteiger partial charge in [-0.25, -0.2) is 4.63 Å². The Morgan fingerprint density at radius 1 is 1.16 bits per heavy atom. The van der Waals surface area contributed by atoms with Gasteiger partial charge >= 0.3 is 0 Å². The fraction of sp³-hybridized carbons (Fsp3) is 0.462. The number of nitrogens with zero attached hydrogens (tertiary/aromatic N) is 3. The van der Waals surface area contributed by atoms with Crippen LogP contribution < -0.4 is 0 Å². The summed E-state index contributed by atoms with van der Waals surface area (Å²) in [6.45, 7) is 1.30. The lowest BCUT2D eigenvalue weighted by molar-refractivity contribution is -0.00715. The van der Waals surface area contributed by atoms with E-state index in [9.17, 15) is 4.79 Å². The SMILES string of the molecule is O=C(c1ccc2nonc2c1)N1[C@@H]2CC[C@H]1COC2. The van der Waals surface area contributed by atoms with E-state index in [0.717, 1.165) is 12.8 Å². The Kier molecular flexibility index (Phi) is 2.32. The maximum atomic E-state index is 12.6. The molecule has 19 heavy (non-hydrogen) atoms. The fourth-order valence-corrected chi connectivity index (χ4v) is 3.02. The van der Waals surface area contributed by atoms with Crippen molar-refractivity contribution in [1.29, 1.82) is 0 Å². The Balaban J connectivity index is 1.69. The number of benzene rings is 1. The maximum Gasteiger partial charge on any atom is 0.254 e. The molecule has 0 spiro atoms. The summed E-state index contributed by atoms with van der Waals surface area (Å²) in [4.78, 5) is 14.6. The van der Waals surface area contributed by atoms with Crippen molar-refractivity contribution in [3.63, 3.8) is 0 Å². The van der Waals surface area contributed by atoms with Gasteiger partial charge < -0.3 is 9.64 Å². The number of aromatic nitrogens is 2. The molecule has 0 aliphatic carbocycles. The summed E-state index contributed by atoms with van der Waals surface area (Å²) < 4.78 is 10.2. The third-order valence-corrected chi connectivity index (χ3v) is 3.98. The lowest BCUT2D eigenvalue weighted by Gasteiger charge is -2.34. The largest absolute Gasteiger partial charge is 0.377 e. The zero-order valence-corrected chi connectivity index (χ0v) is 10.3. The maximum absolute atomic E-state index is 12.6. The molecule has 2 bridgehead atoms. The van der Waals surface area contributed by atoms with Gasteiger partial charge in [-0.15, -0.1) is 0 Å². The van der Waals surface area contributed by atoms with Crippen LogP contribution in [0.15, 0.2) is 22.8 Å². The van der Waals surface area contributed by atoms with Crippen molar-refractivity contribution in [3.05, 3.63) is 23.8 Å². The van der Waals surface area contributed by atoms with E-state index in [-0.39, 0.29) is 18.0 Å². The van der Waals surface area contributed by atoms with Crippen molar-refractivity contribution in [1.82, 2.24) is 15.2 Å². The zero-order valence-electron chi connectivity index (χ0n) is 10.3. The van der Waals surface area contributed by atoms with Gasteiger partial charge in [0.25, 0.3) is 5.91 Å². The minimum Gasteiger partial charge on any atom is -0.377 e. The Morgan fingerprint density at radius 3 is 2.68 bits per heavy atom. The first-order chi connectivity index (χ1) is 9.33. The van der Waals surface area contributed by atoms with Crippen LogP contribution in [0.4, 0.5) is 0 Å². The predicted molar refractivity (Wildman–Crippen MR) is 65.6 cm³/mol. The molecule has 1 aromatic heterocycles. The molecule has 0 saturated carbocycles. The molecule has 4 rings (SSSR count). The molecular weight excluding hydrogens is 246 g/mol. The van der Waals surface area contributed by atoms with E-state index in [1.165, 1.54) is 0 Å². The quantitative estimate of drug-likeness (QED) is 0.770. The van der Waals surface area contributed by atoms with E-state index in [0.29, 0.717) is 29.8 Å². The van der Waals surface area contributed by atoms with Crippen molar-refractivity contribution in [2.45, 2.75) is 24.9 Å². The monoisotopic (exact) mass is 259 g/mol. The second kappa shape index (κ2) is 4.03. The summed E-state index contributed by atoms with van der Waals surface area (Å²) in [5.74, 6) is 0.0562. The van der Waals surface area contributed by atoms with Gasteiger partial charge in [-0.2, -0.15) is 0 Å². The highest BCUT2D eigenvalue weighted by Gasteiger charge is 2.40. The molecule has 1 aromatic carbocycles. The molecule has 6 nitrogen and oxygen atoms in total. The van der Waals surface area contributed by atoms with E-state index in [1.807, 2.05) is 4.90 Å². The molecule has 2 fully saturated rings. The van der Waals surface area contributed by atoms with E-state index in [1.54, 1.807) is 18.2 Å². The second-order valence-corrected chi connectivity index (χ2v) is 5.10. The van der Waals surface area contributed by atoms with Gasteiger partial charge in [-0.3, -0.25) is 4.79 Å². The van der Waals surface area contributed by atoms with Crippen molar-refractivity contribution in [3.8, 4) is 0 Å². The molecule has 0 radical (unpaired) electrons. The fourth-order valence-electron chi connectivity index (χ4n) is 3.02. The van der Waals surface area contributed by atoms with E-state index in [4.69, 9.17) is 4.74 Å². The summed E-state index contributed by atoms with van der Waals surface area (Å²) in [6.07, 6.45) is 2.06. The number of amides is 1. The molecule has 0 N–H and O–H groups in total. The van der Waals surface area contributed by atoms with Crippen LogP contribution in [-0.4, -0.2) is 46.4 Å². The normalized spacial score (nSPS) is 26.0. The van der Waals surface area contributed by atoms with Gasteiger partial charge in [-0.05, 0) is 41.4 Å². The highest BCUT2D eigenvalue weighted by Crippen LogP contribution is 2.30. The standard InChI is InChI=1S/C13H13N3O3/c17-13(16-9-2-3-10(16)7-18-6-9)8-1-4-11-12(5-8)15-19-14-11/h1,4-5,9-10H,2-3,6-7H2/t9-,10+. The highest BCUT2D eigenvalue weighted by atomic mass is 16.6. The average Bonchev–Trinajstić information content (AvgIpc) is 2.99. The molecular formula is C13H13N3O3. The second-order valence-electron chi connectivity index (χ2n) is 5.10. The lowest BCUT2D eigenvalue weighted by Crippen LogP contribution is -2.49. The Labute approximate surface area is 109 Å². The molecule has 1 amide bonds. The van der Waals surface area contributed by atoms with Crippen molar-refractivity contribution in [2.24, 2.45) is 0 Å². The Hall–Kier alpha value is -1.95. The summed E-state index contributed by atoms with van der Waals surface area (Å²) in [5, 5.41) is 7.52. The van der Waals surface area contributed by atoms with E-state index >= 15 is 0 Å². The zero-order chi connectivity index (χ0) is 12.8. The van der Waals surface area contributed by atoms with E-state index < -0.39 is 0 Å². The van der Waals surface area contributed by atoms with Crippen molar-refractivity contribution >= 4 is 16.9 Å². The van der Waals surface area contributed by atoms with Crippen LogP contribution in [0.3, 0.4) is 0 Å². The third kappa shape index (κ3) is 1.63. The predicted octanol–water partition coefficient (Wildman–Crippen LogP) is 1.23. The molecule has 2 aromatic rings. The Bertz CT molecular complexity index is 623. The van der Waals surface area contributed by atoms with Gasteiger partial charge in [0, 0.05) is 5.56 Å². The van der Waals surface area contributed by atoms with Crippen LogP contribution in [0.1, 0.15) is 23.2 Å². The molecule has 0 unspecified atom stereocenters. The van der Waals surface area contributed by atoms with E-state index in [2.05, 4.69) is 14.9 Å². The number of carbonyl (C=O) groups excluding carboxylic acids is 1. The van der Waals surface area contributed by atoms with Gasteiger partial charge in [0.1, 0.15) is 11.0 Å². The van der Waals surface area contributed by atoms with Crippen LogP contribution in [0.25, 0.3) is 11.0 Å². The van der Waals surface area contributed by atoms with Crippen molar-refractivity contribution < 1.29 is 14.2 Å². The van der Waals surface area contributed by atoms with Crippen LogP contribution >= 0.6 is 0 Å². The summed E-state index contributed by atoms with van der Waals surface area (Å²) in [7, 11) is 0. The first-order valence-corrected chi connectivity index (χ1v) is 6.45. The summed E-state index contributed by atoms with van der Waals surface area (Å²) in [5.41, 5.74) is 1.93. The topological polar surface area (TPSA) is 68.5 Å². The molecule has 2 aliphatic heterocycles. The first-order valence-electron chi connectivity index (χ1n) is 6.45. The highest BCUT2D eigenvalue weighted by molar-refractivity contribution is 5.97. The minimum atomic E-state index is 0.0562. The Morgan fingerprint density at radius 2 is 1.89 bits per heavy atom. The minimum absolute atomic E-state index is 0.0562. The van der Waals surface area contributed by atoms with Gasteiger partial charge in [0.2, 0.25) is 0 Å². The molecule has 2 saturated heterocycles. The average molecular weight is 259 g/mol. The third-order valence-electron chi connectivity index (χ3n) is 3.98. The lowest BCUT2D eigenvalue weighted by atomic mass is 10.1. The molecule has 3 heterocycles. The van der Waals surface area contributed by atoms with Crippen LogP contribution in [-0.2, 0) is 4.74 Å². The smallest absolute Gasteiger partial charge is 0.254 e. The van der Waals surface area contributed by atoms with Gasteiger partial charge in [0.05, 0.1) is 25.3 Å². The molecule has 98 valence electrons. The van der Waals surface area contributed by atoms with Crippen LogP contribution in [0.2, 0.25) is 0 Å².